The first-order chi connectivity index (χ1) is 4.61. The maximum atomic E-state index is 2.51. The SMILES string of the molecule is CC(C)(C)N1CSCSC1. The van der Waals surface area contributed by atoms with Crippen molar-refractivity contribution in [2.24, 2.45) is 0 Å². The van der Waals surface area contributed by atoms with Crippen LogP contribution in [-0.2, 0) is 0 Å². The highest BCUT2D eigenvalue weighted by Crippen LogP contribution is 2.27. The van der Waals surface area contributed by atoms with E-state index in [2.05, 4.69) is 25.7 Å². The van der Waals surface area contributed by atoms with Gasteiger partial charge in [0.2, 0.25) is 0 Å². The molecular weight excluding hydrogens is 162 g/mol. The molecule has 0 aromatic carbocycles. The molecule has 60 valence electrons. The summed E-state index contributed by atoms with van der Waals surface area (Å²) in [5, 5.41) is 1.27. The molecule has 0 amide bonds. The Morgan fingerprint density at radius 3 is 1.90 bits per heavy atom. The Balaban J connectivity index is 2.39. The Bertz CT molecular complexity index is 103. The lowest BCUT2D eigenvalue weighted by Crippen LogP contribution is -2.42. The van der Waals surface area contributed by atoms with E-state index < -0.39 is 0 Å². The highest BCUT2D eigenvalue weighted by Gasteiger charge is 2.22. The second-order valence-electron chi connectivity index (χ2n) is 3.49. The minimum absolute atomic E-state index is 0.362. The van der Waals surface area contributed by atoms with Gasteiger partial charge in [0.1, 0.15) is 0 Å². The monoisotopic (exact) mass is 177 g/mol. The van der Waals surface area contributed by atoms with Crippen molar-refractivity contribution in [2.45, 2.75) is 26.3 Å². The fourth-order valence-electron chi connectivity index (χ4n) is 0.778. The summed E-state index contributed by atoms with van der Waals surface area (Å²) in [5.74, 6) is 2.41. The minimum Gasteiger partial charge on any atom is -0.280 e. The minimum atomic E-state index is 0.362. The van der Waals surface area contributed by atoms with Gasteiger partial charge in [0.05, 0.1) is 0 Å². The Morgan fingerprint density at radius 2 is 1.60 bits per heavy atom. The molecule has 0 aliphatic carbocycles. The predicted octanol–water partition coefficient (Wildman–Crippen LogP) is 2.44. The van der Waals surface area contributed by atoms with E-state index in [0.29, 0.717) is 5.54 Å². The molecule has 3 heteroatoms. The summed E-state index contributed by atoms with van der Waals surface area (Å²) in [7, 11) is 0. The molecule has 0 spiro atoms. The molecule has 0 atom stereocenters. The Labute approximate surface area is 71.9 Å². The van der Waals surface area contributed by atoms with E-state index >= 15 is 0 Å². The van der Waals surface area contributed by atoms with Gasteiger partial charge >= 0.3 is 0 Å². The van der Waals surface area contributed by atoms with Gasteiger partial charge in [-0.25, -0.2) is 0 Å². The lowest BCUT2D eigenvalue weighted by molar-refractivity contribution is 0.198. The van der Waals surface area contributed by atoms with Crippen LogP contribution in [0, 0.1) is 0 Å². The van der Waals surface area contributed by atoms with E-state index in [1.807, 2.05) is 23.5 Å². The first-order valence-corrected chi connectivity index (χ1v) is 5.82. The zero-order valence-corrected chi connectivity index (χ0v) is 8.52. The fourth-order valence-corrected chi connectivity index (χ4v) is 3.36. The third-order valence-electron chi connectivity index (χ3n) is 1.61. The maximum absolute atomic E-state index is 2.51. The summed E-state index contributed by atoms with van der Waals surface area (Å²) in [6, 6.07) is 0. The molecule has 1 aliphatic heterocycles. The summed E-state index contributed by atoms with van der Waals surface area (Å²) in [6.45, 7) is 6.83. The van der Waals surface area contributed by atoms with Gasteiger partial charge in [0.25, 0.3) is 0 Å². The van der Waals surface area contributed by atoms with Crippen LogP contribution >= 0.6 is 23.5 Å². The molecule has 1 rings (SSSR count). The topological polar surface area (TPSA) is 3.24 Å². The molecule has 1 saturated heterocycles. The van der Waals surface area contributed by atoms with E-state index in [1.165, 1.54) is 16.8 Å². The number of hydrogen-bond donors (Lipinski definition) is 0. The normalized spacial score (nSPS) is 23.1. The first kappa shape index (κ1) is 8.75. The van der Waals surface area contributed by atoms with E-state index in [4.69, 9.17) is 0 Å². The summed E-state index contributed by atoms with van der Waals surface area (Å²) in [5.41, 5.74) is 0.362. The smallest absolute Gasteiger partial charge is 0.0466 e. The second kappa shape index (κ2) is 3.37. The molecule has 0 N–H and O–H groups in total. The molecule has 0 aromatic rings. The lowest BCUT2D eigenvalue weighted by atomic mass is 10.1. The molecule has 0 aromatic heterocycles. The van der Waals surface area contributed by atoms with Crippen LogP contribution in [0.25, 0.3) is 0 Å². The average Bonchev–Trinajstić information content (AvgIpc) is 1.88. The van der Waals surface area contributed by atoms with Crippen LogP contribution in [0.5, 0.6) is 0 Å². The number of thioether (sulfide) groups is 2. The van der Waals surface area contributed by atoms with Crippen molar-refractivity contribution in [1.29, 1.82) is 0 Å². The van der Waals surface area contributed by atoms with Gasteiger partial charge < -0.3 is 0 Å². The van der Waals surface area contributed by atoms with Gasteiger partial charge in [-0.05, 0) is 20.8 Å². The summed E-state index contributed by atoms with van der Waals surface area (Å²) in [4.78, 5) is 2.51. The van der Waals surface area contributed by atoms with Crippen LogP contribution in [0.2, 0.25) is 0 Å². The molecule has 1 aliphatic rings. The van der Waals surface area contributed by atoms with Gasteiger partial charge in [-0.15, -0.1) is 23.5 Å². The largest absolute Gasteiger partial charge is 0.280 e. The van der Waals surface area contributed by atoms with Crippen molar-refractivity contribution in [2.75, 3.05) is 16.8 Å². The summed E-state index contributed by atoms with van der Waals surface area (Å²) in [6.07, 6.45) is 0. The fraction of sp³-hybridized carbons (Fsp3) is 1.00. The van der Waals surface area contributed by atoms with Crippen molar-refractivity contribution in [3.8, 4) is 0 Å². The van der Waals surface area contributed by atoms with Crippen LogP contribution in [-0.4, -0.2) is 27.3 Å². The zero-order valence-electron chi connectivity index (χ0n) is 6.89. The van der Waals surface area contributed by atoms with Crippen molar-refractivity contribution in [3.05, 3.63) is 0 Å². The maximum Gasteiger partial charge on any atom is 0.0466 e. The third-order valence-corrected chi connectivity index (χ3v) is 3.93. The van der Waals surface area contributed by atoms with Crippen molar-refractivity contribution < 1.29 is 0 Å². The van der Waals surface area contributed by atoms with Gasteiger partial charge in [-0.2, -0.15) is 0 Å². The number of hydrogen-bond acceptors (Lipinski definition) is 3. The van der Waals surface area contributed by atoms with Gasteiger partial charge in [-0.1, -0.05) is 0 Å². The Hall–Kier alpha value is 0.660. The van der Waals surface area contributed by atoms with E-state index in [-0.39, 0.29) is 0 Å². The predicted molar refractivity (Wildman–Crippen MR) is 51.4 cm³/mol. The summed E-state index contributed by atoms with van der Waals surface area (Å²) < 4.78 is 0. The Kier molecular flexibility index (Phi) is 2.95. The molecule has 1 nitrogen and oxygen atoms in total. The van der Waals surface area contributed by atoms with Crippen molar-refractivity contribution in [3.63, 3.8) is 0 Å². The van der Waals surface area contributed by atoms with Crippen molar-refractivity contribution in [1.82, 2.24) is 4.90 Å². The Morgan fingerprint density at radius 1 is 1.10 bits per heavy atom. The quantitative estimate of drug-likeness (QED) is 0.559. The van der Waals surface area contributed by atoms with Gasteiger partial charge in [0, 0.05) is 22.4 Å². The van der Waals surface area contributed by atoms with Crippen LogP contribution in [0.15, 0.2) is 0 Å². The van der Waals surface area contributed by atoms with E-state index in [9.17, 15) is 0 Å². The lowest BCUT2D eigenvalue weighted by Gasteiger charge is -2.37. The van der Waals surface area contributed by atoms with Crippen LogP contribution in [0.4, 0.5) is 0 Å². The van der Waals surface area contributed by atoms with Crippen LogP contribution in [0.1, 0.15) is 20.8 Å². The highest BCUT2D eigenvalue weighted by molar-refractivity contribution is 8.16. The summed E-state index contributed by atoms with van der Waals surface area (Å²) >= 11 is 4.04. The van der Waals surface area contributed by atoms with Crippen molar-refractivity contribution >= 4 is 23.5 Å². The second-order valence-corrected chi connectivity index (χ2v) is 5.77. The molecule has 1 fully saturated rings. The van der Waals surface area contributed by atoms with E-state index in [1.54, 1.807) is 0 Å². The first-order valence-electron chi connectivity index (χ1n) is 3.51. The molecule has 0 radical (unpaired) electrons. The average molecular weight is 177 g/mol. The third kappa shape index (κ3) is 2.36. The molecule has 1 heterocycles. The van der Waals surface area contributed by atoms with Crippen LogP contribution < -0.4 is 0 Å². The molecule has 0 bridgehead atoms. The molecule has 0 unspecified atom stereocenters. The number of nitrogens with zero attached hydrogens (tertiary/aromatic N) is 1. The number of rotatable bonds is 0. The highest BCUT2D eigenvalue weighted by atomic mass is 32.2. The zero-order chi connectivity index (χ0) is 7.61. The van der Waals surface area contributed by atoms with Crippen LogP contribution in [0.3, 0.4) is 0 Å². The molecular formula is C7H15NS2. The van der Waals surface area contributed by atoms with Gasteiger partial charge in [0.15, 0.2) is 0 Å². The standard InChI is InChI=1S/C7H15NS2/c1-7(2,3)8-4-9-6-10-5-8/h4-6H2,1-3H3. The molecule has 0 saturated carbocycles. The van der Waals surface area contributed by atoms with E-state index in [0.717, 1.165) is 0 Å². The molecule has 10 heavy (non-hydrogen) atoms. The van der Waals surface area contributed by atoms with Gasteiger partial charge in [-0.3, -0.25) is 4.90 Å².